The Morgan fingerprint density at radius 1 is 1.02 bits per heavy atom. The quantitative estimate of drug-likeness (QED) is 0.133. The van der Waals surface area contributed by atoms with E-state index in [1.165, 1.54) is 20.5 Å². The number of hydrogen-bond donors (Lipinski definition) is 3. The Balaban J connectivity index is 1.15. The number of nitrogens with zero attached hydrogens (tertiary/aromatic N) is 4. The second kappa shape index (κ2) is 18.6. The molecule has 5 heterocycles. The Kier molecular flexibility index (Phi) is 13.3. The molecule has 63 heavy (non-hydrogen) atoms. The van der Waals surface area contributed by atoms with Gasteiger partial charge in [0.2, 0.25) is 11.8 Å². The van der Waals surface area contributed by atoms with Gasteiger partial charge in [0.25, 0.3) is 5.91 Å². The van der Waals surface area contributed by atoms with Gasteiger partial charge in [-0.15, -0.1) is 11.3 Å². The van der Waals surface area contributed by atoms with Gasteiger partial charge in [0.15, 0.2) is 0 Å². The van der Waals surface area contributed by atoms with Gasteiger partial charge in [-0.1, -0.05) is 62.0 Å². The summed E-state index contributed by atoms with van der Waals surface area (Å²) in [5, 5.41) is 10.5. The minimum atomic E-state index is -4.14. The van der Waals surface area contributed by atoms with Crippen LogP contribution < -0.4 is 24.8 Å². The maximum absolute atomic E-state index is 15.0. The number of carbonyl (C=O) groups is 3. The SMILES string of the molecule is COc1ccc2c(O[C@@H]3C[C@H]4C(=O)N[C@]5(C(=O)NS(=O)(=O)N6CCCC6)C[C@H]5C=CCCCCC[C@H](Nc5ccc(Cl)c(Cl)c5)C(=O)N4C3)cc(-c3nc(C(C)C)cs3)nc2c1C. The smallest absolute Gasteiger partial charge is 0.303 e. The number of rotatable bonds is 10. The first-order chi connectivity index (χ1) is 30.2. The molecule has 0 radical (unpaired) electrons. The average molecular weight is 939 g/mol. The van der Waals surface area contributed by atoms with Gasteiger partial charge in [-0.3, -0.25) is 14.4 Å². The Morgan fingerprint density at radius 3 is 2.54 bits per heavy atom. The lowest BCUT2D eigenvalue weighted by molar-refractivity contribution is -0.140. The Morgan fingerprint density at radius 2 is 1.81 bits per heavy atom. The number of pyridine rings is 1. The van der Waals surface area contributed by atoms with Crippen LogP contribution in [0.2, 0.25) is 10.0 Å². The van der Waals surface area contributed by atoms with Crippen LogP contribution in [-0.4, -0.2) is 95.8 Å². The van der Waals surface area contributed by atoms with Crippen LogP contribution in [0.3, 0.4) is 0 Å². The van der Waals surface area contributed by atoms with Crippen LogP contribution in [0.4, 0.5) is 5.69 Å². The summed E-state index contributed by atoms with van der Waals surface area (Å²) in [6, 6.07) is 8.85. The van der Waals surface area contributed by atoms with E-state index >= 15 is 0 Å². The standard InChI is InChI=1S/C45H53Cl2N7O7S2/c1-26(2)36-25-62-42(50-36)35-22-39(31-15-17-38(60-4)27(3)40(31)49-35)61-30-21-37-41(55)51-45(44(57)52-63(58,59)53-18-10-11-19-53)23-28(45)12-8-6-5-7-9-13-34(43(56)54(37)24-30)48-29-14-16-32(46)33(47)20-29/h8,12,14-17,20,22,25-26,28,30,34,37,48H,5-7,9-11,13,18-19,21,23-24H2,1-4H3,(H,51,55)(H,52,57)/t28-,30-,34+,37+,45-/m1/s1. The van der Waals surface area contributed by atoms with Crippen LogP contribution in [0.1, 0.15) is 88.8 Å². The van der Waals surface area contributed by atoms with Crippen molar-refractivity contribution in [2.45, 2.75) is 108 Å². The van der Waals surface area contributed by atoms with E-state index in [0.29, 0.717) is 70.8 Å². The zero-order chi connectivity index (χ0) is 44.6. The van der Waals surface area contributed by atoms with Crippen molar-refractivity contribution >= 4 is 79.1 Å². The number of carbonyl (C=O) groups excluding carboxylic acids is 3. The molecule has 3 fully saturated rings. The van der Waals surface area contributed by atoms with Crippen molar-refractivity contribution < 1.29 is 32.3 Å². The van der Waals surface area contributed by atoms with Gasteiger partial charge >= 0.3 is 10.2 Å². The lowest BCUT2D eigenvalue weighted by Crippen LogP contribution is -2.58. The number of methoxy groups -OCH3 is 1. The van der Waals surface area contributed by atoms with Crippen LogP contribution in [0.5, 0.6) is 11.5 Å². The predicted octanol–water partition coefficient (Wildman–Crippen LogP) is 7.79. The third kappa shape index (κ3) is 9.51. The molecule has 3 aliphatic heterocycles. The Hall–Kier alpha value is -4.48. The number of allylic oxidation sites excluding steroid dienone is 1. The number of ether oxygens (including phenoxy) is 2. The van der Waals surface area contributed by atoms with Crippen molar-refractivity contribution in [3.8, 4) is 22.2 Å². The van der Waals surface area contributed by atoms with Gasteiger partial charge in [-0.2, -0.15) is 12.7 Å². The molecule has 336 valence electrons. The highest BCUT2D eigenvalue weighted by Gasteiger charge is 2.62. The fraction of sp³-hybridized carbons (Fsp3) is 0.489. The normalized spacial score (nSPS) is 24.7. The van der Waals surface area contributed by atoms with Gasteiger partial charge in [-0.05, 0) is 81.7 Å². The second-order valence-corrected chi connectivity index (χ2v) is 20.6. The maximum Gasteiger partial charge on any atom is 0.303 e. The number of aryl methyl sites for hydroxylation is 1. The van der Waals surface area contributed by atoms with Gasteiger partial charge < -0.3 is 25.0 Å². The van der Waals surface area contributed by atoms with Crippen molar-refractivity contribution in [2.75, 3.05) is 32.1 Å². The molecule has 3 amide bonds. The van der Waals surface area contributed by atoms with E-state index in [1.54, 1.807) is 25.3 Å². The summed E-state index contributed by atoms with van der Waals surface area (Å²) in [5.74, 6) is -0.755. The summed E-state index contributed by atoms with van der Waals surface area (Å²) in [5.41, 5.74) is 2.11. The zero-order valence-electron chi connectivity index (χ0n) is 35.8. The first-order valence-electron chi connectivity index (χ1n) is 21.6. The third-order valence-electron chi connectivity index (χ3n) is 12.5. The first-order valence-corrected chi connectivity index (χ1v) is 24.7. The number of anilines is 1. The van der Waals surface area contributed by atoms with Crippen molar-refractivity contribution in [2.24, 2.45) is 5.92 Å². The molecule has 2 aromatic carbocycles. The number of halogens is 2. The molecular weight excluding hydrogens is 886 g/mol. The average Bonchev–Trinajstić information content (AvgIpc) is 3.76. The first kappa shape index (κ1) is 45.1. The van der Waals surface area contributed by atoms with E-state index < -0.39 is 51.7 Å². The molecule has 1 aliphatic carbocycles. The van der Waals surface area contributed by atoms with E-state index in [-0.39, 0.29) is 31.2 Å². The molecule has 2 aromatic heterocycles. The summed E-state index contributed by atoms with van der Waals surface area (Å²) < 4.78 is 42.8. The van der Waals surface area contributed by atoms with Gasteiger partial charge in [0.1, 0.15) is 45.9 Å². The molecule has 0 unspecified atom stereocenters. The highest BCUT2D eigenvalue weighted by atomic mass is 35.5. The molecule has 4 aromatic rings. The maximum atomic E-state index is 15.0. The Bertz CT molecular complexity index is 2550. The third-order valence-corrected chi connectivity index (χ3v) is 15.6. The van der Waals surface area contributed by atoms with Crippen molar-refractivity contribution in [1.82, 2.24) is 29.2 Å². The largest absolute Gasteiger partial charge is 0.496 e. The second-order valence-electron chi connectivity index (χ2n) is 17.2. The summed E-state index contributed by atoms with van der Waals surface area (Å²) in [6.45, 7) is 6.77. The van der Waals surface area contributed by atoms with Crippen molar-refractivity contribution in [3.63, 3.8) is 0 Å². The molecule has 3 N–H and O–H groups in total. The minimum absolute atomic E-state index is 0.0470. The van der Waals surface area contributed by atoms with Crippen LogP contribution in [0, 0.1) is 12.8 Å². The highest BCUT2D eigenvalue weighted by Crippen LogP contribution is 2.46. The van der Waals surface area contributed by atoms with Crippen LogP contribution >= 0.6 is 34.5 Å². The molecule has 0 bridgehead atoms. The zero-order valence-corrected chi connectivity index (χ0v) is 38.9. The number of hydrogen-bond acceptors (Lipinski definition) is 11. The molecule has 18 heteroatoms. The van der Waals surface area contributed by atoms with Crippen molar-refractivity contribution in [1.29, 1.82) is 0 Å². The van der Waals surface area contributed by atoms with E-state index in [4.69, 9.17) is 42.6 Å². The highest BCUT2D eigenvalue weighted by molar-refractivity contribution is 7.87. The fourth-order valence-electron chi connectivity index (χ4n) is 8.81. The molecule has 5 atom stereocenters. The number of nitrogens with one attached hydrogen (secondary N) is 3. The number of thiazole rings is 1. The number of benzene rings is 2. The summed E-state index contributed by atoms with van der Waals surface area (Å²) >= 11 is 14.1. The number of fused-ring (bicyclic) bond motifs is 3. The Labute approximate surface area is 382 Å². The lowest BCUT2D eigenvalue weighted by Gasteiger charge is -2.30. The molecule has 2 saturated heterocycles. The topological polar surface area (TPSA) is 172 Å². The van der Waals surface area contributed by atoms with Gasteiger partial charge in [0.05, 0.1) is 34.9 Å². The molecule has 1 saturated carbocycles. The molecule has 8 rings (SSSR count). The van der Waals surface area contributed by atoms with E-state index in [2.05, 4.69) is 29.2 Å². The number of aromatic nitrogens is 2. The molecular formula is C45H53Cl2N7O7S2. The minimum Gasteiger partial charge on any atom is -0.496 e. The van der Waals surface area contributed by atoms with E-state index in [0.717, 1.165) is 47.3 Å². The van der Waals surface area contributed by atoms with E-state index in [9.17, 15) is 22.8 Å². The van der Waals surface area contributed by atoms with E-state index in [1.807, 2.05) is 42.7 Å². The number of amides is 3. The predicted molar refractivity (Wildman–Crippen MR) is 246 cm³/mol. The molecule has 14 nitrogen and oxygen atoms in total. The fourth-order valence-corrected chi connectivity index (χ4v) is 11.3. The monoisotopic (exact) mass is 937 g/mol. The summed E-state index contributed by atoms with van der Waals surface area (Å²) in [6.07, 6.45) is 8.48. The molecule has 0 spiro atoms. The van der Waals surface area contributed by atoms with Crippen LogP contribution in [0.15, 0.2) is 53.9 Å². The van der Waals surface area contributed by atoms with Gasteiger partial charge in [0, 0.05) is 53.5 Å². The van der Waals surface area contributed by atoms with Crippen LogP contribution in [-0.2, 0) is 24.6 Å². The lowest BCUT2D eigenvalue weighted by atomic mass is 10.0. The van der Waals surface area contributed by atoms with Gasteiger partial charge in [-0.25, -0.2) is 14.7 Å². The summed E-state index contributed by atoms with van der Waals surface area (Å²) in [4.78, 5) is 55.4. The summed E-state index contributed by atoms with van der Waals surface area (Å²) in [7, 11) is -2.53. The van der Waals surface area contributed by atoms with Crippen LogP contribution in [0.25, 0.3) is 21.6 Å². The molecule has 4 aliphatic rings. The van der Waals surface area contributed by atoms with Crippen molar-refractivity contribution in [3.05, 3.63) is 75.2 Å².